The lowest BCUT2D eigenvalue weighted by molar-refractivity contribution is -0.161. The van der Waals surface area contributed by atoms with Crippen LogP contribution in [0.15, 0.2) is 170 Å². The minimum atomic E-state index is -4.95. The number of unbranched alkanes of at least 4 members (excludes halogenated alkanes) is 46. The van der Waals surface area contributed by atoms with Gasteiger partial charge in [-0.25, -0.2) is 9.13 Å². The second-order valence-electron chi connectivity index (χ2n) is 34.2. The molecule has 0 aromatic carbocycles. The van der Waals surface area contributed by atoms with Gasteiger partial charge < -0.3 is 34.2 Å². The summed E-state index contributed by atoms with van der Waals surface area (Å²) in [5.41, 5.74) is 0. The van der Waals surface area contributed by atoms with Crippen LogP contribution in [0.4, 0.5) is 0 Å². The van der Waals surface area contributed by atoms with Gasteiger partial charge in [-0.2, -0.15) is 0 Å². The Morgan fingerprint density at radius 1 is 0.228 bits per heavy atom. The third-order valence-corrected chi connectivity index (χ3v) is 23.8. The molecule has 0 saturated carbocycles. The topological polar surface area (TPSA) is 231 Å². The molecule has 0 bridgehead atoms. The van der Waals surface area contributed by atoms with Crippen molar-refractivity contribution in [1.29, 1.82) is 0 Å². The molecule has 4 N–H and O–H groups in total. The first-order chi connectivity index (χ1) is 62.2. The highest BCUT2D eigenvalue weighted by molar-refractivity contribution is 7.47. The number of phosphoric acid groups is 2. The van der Waals surface area contributed by atoms with E-state index in [4.69, 9.17) is 32.3 Å². The number of hydrogen-bond donors (Lipinski definition) is 4. The number of rotatable bonds is 97. The summed E-state index contributed by atoms with van der Waals surface area (Å²) in [4.78, 5) is 59.2. The average molecular weight is 1820 g/mol. The molecule has 0 aromatic rings. The van der Waals surface area contributed by atoms with Crippen LogP contribution < -0.4 is 0 Å². The Labute approximate surface area is 777 Å². The smallest absolute Gasteiger partial charge is 0.463 e. The first kappa shape index (κ1) is 122. The molecular formula is C109H188O16P2. The van der Waals surface area contributed by atoms with Crippen molar-refractivity contribution in [2.45, 2.75) is 463 Å². The number of phosphoric ester groups is 2. The summed E-state index contributed by atoms with van der Waals surface area (Å²) in [5, 5.41) is 20.8. The van der Waals surface area contributed by atoms with Gasteiger partial charge in [-0.15, -0.1) is 0 Å². The molecule has 0 spiro atoms. The fourth-order valence-corrected chi connectivity index (χ4v) is 15.8. The van der Waals surface area contributed by atoms with E-state index in [-0.39, 0.29) is 19.3 Å². The Morgan fingerprint density at radius 3 is 0.661 bits per heavy atom. The SMILES string of the molecule is CC/C=C\C/C=C\C/C=C\C/C=C\C/C=C\CCCCCCCCCCCCCCCCCCCCCC(=O)OCC(O)COP(=O)(O)OCC(O)COP(=O)(O)OCC(COC(=O)CCCCCCCCCCCCCCCCC/C=C\C/C=C\C/C=C\C/C=C\CCCCC)OC(=O)CCCCCCCCCCC/C=C\C/C=C\C/C=C\C/C=C\C/C=C\CC. The van der Waals surface area contributed by atoms with E-state index >= 15 is 0 Å². The van der Waals surface area contributed by atoms with Crippen LogP contribution in [0.5, 0.6) is 0 Å². The molecule has 0 saturated heterocycles. The van der Waals surface area contributed by atoms with Crippen molar-refractivity contribution in [3.05, 3.63) is 170 Å². The second kappa shape index (κ2) is 99.9. The van der Waals surface area contributed by atoms with Gasteiger partial charge in [0.2, 0.25) is 0 Å². The molecule has 0 heterocycles. The molecule has 5 unspecified atom stereocenters. The molecule has 0 aliphatic carbocycles. The zero-order valence-electron chi connectivity index (χ0n) is 80.9. The van der Waals surface area contributed by atoms with E-state index in [2.05, 4.69) is 191 Å². The molecule has 18 heteroatoms. The summed E-state index contributed by atoms with van der Waals surface area (Å²) in [6, 6.07) is 0. The van der Waals surface area contributed by atoms with Crippen LogP contribution in [0.1, 0.15) is 445 Å². The summed E-state index contributed by atoms with van der Waals surface area (Å²) < 4.78 is 61.7. The summed E-state index contributed by atoms with van der Waals surface area (Å²) in [5.74, 6) is -1.56. The molecule has 0 aliphatic rings. The maximum Gasteiger partial charge on any atom is 0.472 e. The highest BCUT2D eigenvalue weighted by Crippen LogP contribution is 2.45. The van der Waals surface area contributed by atoms with Crippen LogP contribution in [0.25, 0.3) is 0 Å². The van der Waals surface area contributed by atoms with Crippen molar-refractivity contribution < 1.29 is 75.8 Å². The Hall–Kier alpha value is -5.09. The Balaban J connectivity index is 4.56. The molecule has 0 aliphatic heterocycles. The molecule has 0 aromatic heterocycles. The molecule has 0 amide bonds. The zero-order chi connectivity index (χ0) is 92.1. The van der Waals surface area contributed by atoms with Gasteiger partial charge in [-0.05, 0) is 154 Å². The summed E-state index contributed by atoms with van der Waals surface area (Å²) in [6.45, 7) is 2.50. The van der Waals surface area contributed by atoms with E-state index in [9.17, 15) is 43.5 Å². The normalized spacial score (nSPS) is 14.4. The second-order valence-corrected chi connectivity index (χ2v) is 37.1. The Kier molecular flexibility index (Phi) is 95.9. The van der Waals surface area contributed by atoms with Crippen molar-refractivity contribution in [3.63, 3.8) is 0 Å². The Bertz CT molecular complexity index is 2990. The summed E-state index contributed by atoms with van der Waals surface area (Å²) in [6.07, 6.45) is 131. The largest absolute Gasteiger partial charge is 0.472 e. The molecule has 0 fully saturated rings. The lowest BCUT2D eigenvalue weighted by Crippen LogP contribution is -2.30. The molecular weight excluding hydrogens is 1630 g/mol. The molecule has 730 valence electrons. The summed E-state index contributed by atoms with van der Waals surface area (Å²) in [7, 11) is -9.82. The van der Waals surface area contributed by atoms with E-state index in [1.54, 1.807) is 0 Å². The van der Waals surface area contributed by atoms with Gasteiger partial charge in [-0.1, -0.05) is 441 Å². The molecule has 16 nitrogen and oxygen atoms in total. The maximum atomic E-state index is 13.1. The fourth-order valence-electron chi connectivity index (χ4n) is 14.2. The van der Waals surface area contributed by atoms with Crippen LogP contribution in [0.2, 0.25) is 0 Å². The van der Waals surface area contributed by atoms with Crippen LogP contribution in [-0.4, -0.2) is 95.9 Å². The van der Waals surface area contributed by atoms with Gasteiger partial charge in [0.1, 0.15) is 25.4 Å². The van der Waals surface area contributed by atoms with E-state index in [0.29, 0.717) is 19.3 Å². The minimum absolute atomic E-state index is 0.0944. The number of aliphatic hydroxyl groups excluding tert-OH is 2. The molecule has 0 rings (SSSR count). The fraction of sp³-hybridized carbons (Fsp3) is 0.716. The predicted octanol–water partition coefficient (Wildman–Crippen LogP) is 32.6. The van der Waals surface area contributed by atoms with Crippen LogP contribution in [0.3, 0.4) is 0 Å². The number of ether oxygens (including phenoxy) is 3. The van der Waals surface area contributed by atoms with E-state index < -0.39 is 91.5 Å². The van der Waals surface area contributed by atoms with Crippen LogP contribution >= 0.6 is 15.6 Å². The highest BCUT2D eigenvalue weighted by atomic mass is 31.2. The maximum absolute atomic E-state index is 13.1. The quantitative estimate of drug-likeness (QED) is 0.0146. The average Bonchev–Trinajstić information content (AvgIpc) is 0.899. The molecule has 127 heavy (non-hydrogen) atoms. The number of carbonyl (C=O) groups is 3. The van der Waals surface area contributed by atoms with E-state index in [0.717, 1.165) is 154 Å². The molecule has 0 radical (unpaired) electrons. The number of aliphatic hydroxyl groups is 2. The third kappa shape index (κ3) is 101. The lowest BCUT2D eigenvalue weighted by Gasteiger charge is -2.21. The predicted molar refractivity (Wildman–Crippen MR) is 537 cm³/mol. The van der Waals surface area contributed by atoms with Crippen LogP contribution in [0, 0.1) is 0 Å². The van der Waals surface area contributed by atoms with Gasteiger partial charge in [0.15, 0.2) is 6.10 Å². The first-order valence-electron chi connectivity index (χ1n) is 51.4. The number of allylic oxidation sites excluding steroid dienone is 28. The van der Waals surface area contributed by atoms with Gasteiger partial charge in [-0.3, -0.25) is 32.5 Å². The van der Waals surface area contributed by atoms with Gasteiger partial charge >= 0.3 is 33.6 Å². The lowest BCUT2D eigenvalue weighted by atomic mass is 10.0. The summed E-state index contributed by atoms with van der Waals surface area (Å²) >= 11 is 0. The van der Waals surface area contributed by atoms with Crippen molar-refractivity contribution in [1.82, 2.24) is 0 Å². The number of hydrogen-bond acceptors (Lipinski definition) is 14. The minimum Gasteiger partial charge on any atom is -0.463 e. The van der Waals surface area contributed by atoms with Crippen molar-refractivity contribution in [2.75, 3.05) is 39.6 Å². The van der Waals surface area contributed by atoms with Gasteiger partial charge in [0.25, 0.3) is 0 Å². The van der Waals surface area contributed by atoms with Gasteiger partial charge in [0.05, 0.1) is 26.4 Å². The van der Waals surface area contributed by atoms with Crippen molar-refractivity contribution in [3.8, 4) is 0 Å². The zero-order valence-corrected chi connectivity index (χ0v) is 82.7. The number of carbonyl (C=O) groups excluding carboxylic acids is 3. The monoisotopic (exact) mass is 1820 g/mol. The van der Waals surface area contributed by atoms with Crippen molar-refractivity contribution >= 4 is 33.6 Å². The highest BCUT2D eigenvalue weighted by Gasteiger charge is 2.30. The van der Waals surface area contributed by atoms with Gasteiger partial charge in [0, 0.05) is 19.3 Å². The van der Waals surface area contributed by atoms with Crippen molar-refractivity contribution in [2.24, 2.45) is 0 Å². The standard InChI is InChI=1S/C109H188O16P2/c1-4-7-10-13-16-19-22-25-28-31-34-37-40-43-45-47-49-50-51-52-54-56-57-60-62-65-68-71-74-77-80-83-86-89-92-95-107(112)119-98-104(110)99-121-126(115,116)122-100-105(111)101-123-127(117,118)124-103-106(125-109(114)97-94-91-88-85-82-79-76-73-70-67-64-59-42-39-36-33-30-27-24-21-18-15-12-9-6-3)102-120-108(113)96-93-90-87-84-81-78-75-72-69-66-63-61-58-55-53-48-46-44-41-38-35-32-29-26-23-20-17-14-11-8-5-2/h7,9-10,12,16-21,25-30,34-39,43-46,59,64,104-106,110-111H,4-6,8,11,13-15,22-24,31-33,40-42,47-58,60-63,65-103H2,1-3H3,(H,115,116)(H,117,118)/b10-7-,12-9-,19-16-,20-17-,21-18-,28-25-,29-26-,30-27-,37-34-,38-35-,39-36-,45-43-,46-44-,64-59-. The van der Waals surface area contributed by atoms with E-state index in [1.807, 2.05) is 0 Å². The first-order valence-corrected chi connectivity index (χ1v) is 54.4. The number of esters is 3. The van der Waals surface area contributed by atoms with Crippen LogP contribution in [-0.2, 0) is 55.8 Å². The van der Waals surface area contributed by atoms with E-state index in [1.165, 1.54) is 231 Å². The Morgan fingerprint density at radius 2 is 0.417 bits per heavy atom. The molecule has 5 atom stereocenters. The third-order valence-electron chi connectivity index (χ3n) is 21.9.